The van der Waals surface area contributed by atoms with Crippen LogP contribution in [0.5, 0.6) is 0 Å². The van der Waals surface area contributed by atoms with Gasteiger partial charge in [0.2, 0.25) is 5.91 Å². The predicted octanol–water partition coefficient (Wildman–Crippen LogP) is -0.559. The molecule has 0 spiro atoms. The number of carbonyl (C=O) groups is 1. The number of nitrogens with zero attached hydrogens (tertiary/aromatic N) is 1. The predicted molar refractivity (Wildman–Crippen MR) is 61.0 cm³/mol. The minimum Gasteiger partial charge on any atom is -0.355 e. The Labute approximate surface area is 96.6 Å². The molecule has 2 N–H and O–H groups in total. The molecule has 0 aromatic carbocycles. The zero-order valence-electron chi connectivity index (χ0n) is 9.69. The number of carbonyl (C=O) groups excluding carboxylic acids is 1. The molecule has 7 heteroatoms. The maximum absolute atomic E-state index is 11.8. The van der Waals surface area contributed by atoms with Crippen LogP contribution in [0.15, 0.2) is 0 Å². The second kappa shape index (κ2) is 5.60. The van der Waals surface area contributed by atoms with E-state index < -0.39 is 10.2 Å². The lowest BCUT2D eigenvalue weighted by Crippen LogP contribution is -2.51. The normalized spacial score (nSPS) is 22.2. The molecule has 0 aromatic rings. The zero-order chi connectivity index (χ0) is 12.2. The van der Waals surface area contributed by atoms with E-state index in [4.69, 9.17) is 0 Å². The molecule has 1 amide bonds. The van der Waals surface area contributed by atoms with Crippen molar-refractivity contribution in [2.45, 2.75) is 32.7 Å². The second-order valence-electron chi connectivity index (χ2n) is 3.75. The van der Waals surface area contributed by atoms with E-state index in [0.29, 0.717) is 32.5 Å². The van der Waals surface area contributed by atoms with Crippen LogP contribution < -0.4 is 10.0 Å². The van der Waals surface area contributed by atoms with Crippen LogP contribution in [0.25, 0.3) is 0 Å². The van der Waals surface area contributed by atoms with Gasteiger partial charge in [0.25, 0.3) is 10.2 Å². The minimum absolute atomic E-state index is 0.0155. The molecular formula is C9H19N3O3S. The van der Waals surface area contributed by atoms with Crippen LogP contribution >= 0.6 is 0 Å². The summed E-state index contributed by atoms with van der Waals surface area (Å²) in [4.78, 5) is 10.9. The van der Waals surface area contributed by atoms with Crippen LogP contribution in [0.3, 0.4) is 0 Å². The molecule has 0 aliphatic carbocycles. The maximum Gasteiger partial charge on any atom is 0.279 e. The summed E-state index contributed by atoms with van der Waals surface area (Å²) in [6.07, 6.45) is 0.942. The molecule has 0 radical (unpaired) electrons. The summed E-state index contributed by atoms with van der Waals surface area (Å²) in [6, 6.07) is -0.191. The largest absolute Gasteiger partial charge is 0.355 e. The molecule has 0 aromatic heterocycles. The Bertz CT molecular complexity index is 328. The Kier molecular flexibility index (Phi) is 4.69. The fourth-order valence-electron chi connectivity index (χ4n) is 1.68. The second-order valence-corrected chi connectivity index (χ2v) is 5.45. The zero-order valence-corrected chi connectivity index (χ0v) is 10.5. The van der Waals surface area contributed by atoms with E-state index in [-0.39, 0.29) is 11.9 Å². The summed E-state index contributed by atoms with van der Waals surface area (Å²) in [5.41, 5.74) is 0. The lowest BCUT2D eigenvalue weighted by atomic mass is 10.1. The number of hydrogen-bond acceptors (Lipinski definition) is 3. The van der Waals surface area contributed by atoms with Crippen molar-refractivity contribution in [3.63, 3.8) is 0 Å². The molecular weight excluding hydrogens is 230 g/mol. The lowest BCUT2D eigenvalue weighted by Gasteiger charge is -2.26. The van der Waals surface area contributed by atoms with Gasteiger partial charge in [0.15, 0.2) is 0 Å². The molecule has 94 valence electrons. The Balaban J connectivity index is 2.55. The van der Waals surface area contributed by atoms with Crippen molar-refractivity contribution in [1.82, 2.24) is 14.3 Å². The quantitative estimate of drug-likeness (QED) is 0.685. The monoisotopic (exact) mass is 249 g/mol. The van der Waals surface area contributed by atoms with Crippen LogP contribution in [0.2, 0.25) is 0 Å². The number of hydrogen-bond donors (Lipinski definition) is 2. The first-order valence-corrected chi connectivity index (χ1v) is 6.97. The summed E-state index contributed by atoms with van der Waals surface area (Å²) in [7, 11) is -3.41. The van der Waals surface area contributed by atoms with Crippen molar-refractivity contribution in [3.05, 3.63) is 0 Å². The first-order chi connectivity index (χ1) is 7.49. The van der Waals surface area contributed by atoms with Gasteiger partial charge in [-0.25, -0.2) is 0 Å². The van der Waals surface area contributed by atoms with Gasteiger partial charge < -0.3 is 5.32 Å². The lowest BCUT2D eigenvalue weighted by molar-refractivity contribution is -0.122. The van der Waals surface area contributed by atoms with E-state index in [9.17, 15) is 13.2 Å². The summed E-state index contributed by atoms with van der Waals surface area (Å²) >= 11 is 0. The van der Waals surface area contributed by atoms with Gasteiger partial charge in [-0.2, -0.15) is 17.4 Å². The van der Waals surface area contributed by atoms with Gasteiger partial charge in [-0.3, -0.25) is 4.79 Å². The van der Waals surface area contributed by atoms with Crippen LogP contribution in [-0.2, 0) is 15.0 Å². The van der Waals surface area contributed by atoms with Crippen LogP contribution in [0.4, 0.5) is 0 Å². The van der Waals surface area contributed by atoms with Crippen LogP contribution in [-0.4, -0.2) is 44.3 Å². The molecule has 1 heterocycles. The van der Waals surface area contributed by atoms with Gasteiger partial charge in [0, 0.05) is 32.1 Å². The number of nitrogens with one attached hydrogen (secondary N) is 2. The third kappa shape index (κ3) is 3.43. The minimum atomic E-state index is -3.41. The summed E-state index contributed by atoms with van der Waals surface area (Å²) in [6.45, 7) is 4.87. The van der Waals surface area contributed by atoms with Crippen molar-refractivity contribution in [3.8, 4) is 0 Å². The molecule has 1 fully saturated rings. The molecule has 1 aliphatic rings. The summed E-state index contributed by atoms with van der Waals surface area (Å²) < 4.78 is 27.7. The number of amides is 1. The molecule has 0 saturated carbocycles. The van der Waals surface area contributed by atoms with E-state index in [1.807, 2.05) is 0 Å². The number of piperidine rings is 1. The highest BCUT2D eigenvalue weighted by atomic mass is 32.2. The van der Waals surface area contributed by atoms with Crippen molar-refractivity contribution in [1.29, 1.82) is 0 Å². The highest BCUT2D eigenvalue weighted by Crippen LogP contribution is 2.06. The van der Waals surface area contributed by atoms with Gasteiger partial charge in [0.1, 0.15) is 0 Å². The van der Waals surface area contributed by atoms with E-state index in [0.717, 1.165) is 0 Å². The van der Waals surface area contributed by atoms with Gasteiger partial charge in [-0.15, -0.1) is 0 Å². The molecule has 1 rings (SSSR count). The molecule has 1 aliphatic heterocycles. The van der Waals surface area contributed by atoms with Crippen molar-refractivity contribution in [2.75, 3.05) is 19.6 Å². The Morgan fingerprint density at radius 1 is 1.44 bits per heavy atom. The fourth-order valence-corrected chi connectivity index (χ4v) is 3.13. The Hall–Kier alpha value is -0.660. The van der Waals surface area contributed by atoms with Gasteiger partial charge in [-0.1, -0.05) is 13.8 Å². The topological polar surface area (TPSA) is 78.5 Å². The van der Waals surface area contributed by atoms with Crippen molar-refractivity contribution >= 4 is 16.1 Å². The molecule has 6 nitrogen and oxygen atoms in total. The van der Waals surface area contributed by atoms with Crippen LogP contribution in [0, 0.1) is 0 Å². The van der Waals surface area contributed by atoms with Crippen molar-refractivity contribution in [2.24, 2.45) is 0 Å². The van der Waals surface area contributed by atoms with E-state index in [1.165, 1.54) is 4.31 Å². The fraction of sp³-hybridized carbons (Fsp3) is 0.889. The first-order valence-electron chi connectivity index (χ1n) is 5.53. The van der Waals surface area contributed by atoms with Crippen LogP contribution in [0.1, 0.15) is 26.7 Å². The van der Waals surface area contributed by atoms with Gasteiger partial charge >= 0.3 is 0 Å². The van der Waals surface area contributed by atoms with E-state index in [1.54, 1.807) is 13.8 Å². The summed E-state index contributed by atoms with van der Waals surface area (Å²) in [5, 5.41) is 2.65. The third-order valence-corrected chi connectivity index (χ3v) is 4.45. The smallest absolute Gasteiger partial charge is 0.279 e. The standard InChI is InChI=1S/C9H19N3O3S/c1-3-12(4-2)16(14,15)11-8-5-6-9(13)10-7-8/h8,11H,3-7H2,1-2H3,(H,10,13). The summed E-state index contributed by atoms with van der Waals surface area (Å²) in [5.74, 6) is -0.0155. The molecule has 1 saturated heterocycles. The maximum atomic E-state index is 11.8. The van der Waals surface area contributed by atoms with E-state index in [2.05, 4.69) is 10.0 Å². The molecule has 1 atom stereocenters. The molecule has 16 heavy (non-hydrogen) atoms. The molecule has 1 unspecified atom stereocenters. The van der Waals surface area contributed by atoms with Crippen molar-refractivity contribution < 1.29 is 13.2 Å². The average Bonchev–Trinajstić information content (AvgIpc) is 2.22. The Morgan fingerprint density at radius 2 is 2.06 bits per heavy atom. The highest BCUT2D eigenvalue weighted by Gasteiger charge is 2.25. The van der Waals surface area contributed by atoms with Gasteiger partial charge in [-0.05, 0) is 6.42 Å². The average molecular weight is 249 g/mol. The van der Waals surface area contributed by atoms with E-state index >= 15 is 0 Å². The highest BCUT2D eigenvalue weighted by molar-refractivity contribution is 7.87. The first kappa shape index (κ1) is 13.4. The molecule has 0 bridgehead atoms. The van der Waals surface area contributed by atoms with Gasteiger partial charge in [0.05, 0.1) is 0 Å². The Morgan fingerprint density at radius 3 is 2.50 bits per heavy atom. The SMILES string of the molecule is CCN(CC)S(=O)(=O)NC1CCC(=O)NC1. The number of rotatable bonds is 5. The third-order valence-electron chi connectivity index (χ3n) is 2.63.